The molecule has 2 aliphatic rings. The van der Waals surface area contributed by atoms with Gasteiger partial charge in [0, 0.05) is 42.9 Å². The minimum absolute atomic E-state index is 0.0590. The van der Waals surface area contributed by atoms with E-state index in [2.05, 4.69) is 66.6 Å². The zero-order valence-corrected chi connectivity index (χ0v) is 20.7. The van der Waals surface area contributed by atoms with Crippen molar-refractivity contribution in [1.29, 1.82) is 0 Å². The highest BCUT2D eigenvalue weighted by Gasteiger charge is 2.43. The number of phenols is 1. The van der Waals surface area contributed by atoms with Crippen molar-refractivity contribution < 1.29 is 14.6 Å². The maximum atomic E-state index is 13.4. The average Bonchev–Trinajstić information content (AvgIpc) is 2.97. The van der Waals surface area contributed by atoms with Gasteiger partial charge in [0.05, 0.1) is 22.7 Å². The van der Waals surface area contributed by atoms with Gasteiger partial charge in [-0.05, 0) is 41.2 Å². The fraction of sp³-hybridized carbons (Fsp3) is 0.667. The minimum Gasteiger partial charge on any atom is -0.507 e. The Morgan fingerprint density at radius 2 is 1.67 bits per heavy atom. The first kappa shape index (κ1) is 23.3. The molecule has 1 spiro atoms. The topological polar surface area (TPSA) is 62.1 Å². The fourth-order valence-electron chi connectivity index (χ4n) is 4.57. The Kier molecular flexibility index (Phi) is 6.41. The van der Waals surface area contributed by atoms with Crippen LogP contribution in [0.1, 0.15) is 82.3 Å². The first-order chi connectivity index (χ1) is 13.9. The molecule has 2 saturated heterocycles. The molecule has 2 heterocycles. The van der Waals surface area contributed by atoms with Crippen LogP contribution in [0.2, 0.25) is 0 Å². The zero-order chi connectivity index (χ0) is 22.3. The molecule has 0 amide bonds. The summed E-state index contributed by atoms with van der Waals surface area (Å²) in [7, 11) is 0. The number of rotatable bonds is 3. The lowest BCUT2D eigenvalue weighted by Gasteiger charge is -2.32. The number of hydrogen-bond donors (Lipinski definition) is 1. The molecule has 0 unspecified atom stereocenters. The zero-order valence-electron chi connectivity index (χ0n) is 19.1. The van der Waals surface area contributed by atoms with Crippen molar-refractivity contribution >= 4 is 27.8 Å². The predicted molar refractivity (Wildman–Crippen MR) is 125 cm³/mol. The van der Waals surface area contributed by atoms with Crippen molar-refractivity contribution in [2.45, 2.75) is 71.6 Å². The second-order valence-electron chi connectivity index (χ2n) is 11.0. The van der Waals surface area contributed by atoms with Gasteiger partial charge in [-0.2, -0.15) is 4.02 Å². The summed E-state index contributed by atoms with van der Waals surface area (Å²) in [5.41, 5.74) is 1.92. The average molecular weight is 479 g/mol. The van der Waals surface area contributed by atoms with E-state index in [4.69, 9.17) is 4.74 Å². The van der Waals surface area contributed by atoms with Gasteiger partial charge in [0.1, 0.15) is 11.6 Å². The molecule has 0 atom stereocenters. The number of ketones is 1. The SMILES string of the molecule is CC(C)(C)c1cc(C(=O)CN2CC3(CCOCC3)C/C2=N/Br)cc(C(C)(C)C)c1O. The van der Waals surface area contributed by atoms with Crippen LogP contribution in [0.3, 0.4) is 0 Å². The molecular weight excluding hydrogens is 444 g/mol. The summed E-state index contributed by atoms with van der Waals surface area (Å²) < 4.78 is 9.87. The molecule has 1 N–H and O–H groups in total. The summed E-state index contributed by atoms with van der Waals surface area (Å²) in [6.45, 7) is 15.1. The van der Waals surface area contributed by atoms with Crippen LogP contribution in [0.15, 0.2) is 16.2 Å². The van der Waals surface area contributed by atoms with Crippen molar-refractivity contribution in [3.63, 3.8) is 0 Å². The molecule has 6 heteroatoms. The summed E-state index contributed by atoms with van der Waals surface area (Å²) in [5.74, 6) is 1.30. The summed E-state index contributed by atoms with van der Waals surface area (Å²) >= 11 is 3.27. The van der Waals surface area contributed by atoms with Gasteiger partial charge in [-0.25, -0.2) is 0 Å². The minimum atomic E-state index is -0.261. The number of carbonyl (C=O) groups is 1. The Hall–Kier alpha value is -1.40. The highest BCUT2D eigenvalue weighted by Crippen LogP contribution is 2.42. The van der Waals surface area contributed by atoms with Gasteiger partial charge < -0.3 is 14.7 Å². The maximum absolute atomic E-state index is 13.4. The largest absolute Gasteiger partial charge is 0.507 e. The number of Topliss-reactive ketones (excluding diaryl/α,β-unsaturated/α-hetero) is 1. The van der Waals surface area contributed by atoms with E-state index in [1.807, 2.05) is 12.1 Å². The molecule has 0 saturated carbocycles. The van der Waals surface area contributed by atoms with E-state index >= 15 is 0 Å². The van der Waals surface area contributed by atoms with E-state index in [-0.39, 0.29) is 22.0 Å². The van der Waals surface area contributed by atoms with E-state index in [1.165, 1.54) is 0 Å². The Morgan fingerprint density at radius 3 is 2.13 bits per heavy atom. The van der Waals surface area contributed by atoms with Crippen molar-refractivity contribution in [1.82, 2.24) is 4.90 Å². The van der Waals surface area contributed by atoms with Gasteiger partial charge in [0.2, 0.25) is 0 Å². The number of likely N-dealkylation sites (tertiary alicyclic amines) is 1. The molecule has 0 aliphatic carbocycles. The van der Waals surface area contributed by atoms with Crippen molar-refractivity contribution in [3.05, 3.63) is 28.8 Å². The molecule has 1 aromatic rings. The first-order valence-corrected chi connectivity index (χ1v) is 11.5. The van der Waals surface area contributed by atoms with Crippen molar-refractivity contribution in [2.24, 2.45) is 9.43 Å². The molecule has 166 valence electrons. The number of hydrogen-bond acceptors (Lipinski definition) is 4. The number of phenolic OH excluding ortho intramolecular Hbond substituents is 1. The highest BCUT2D eigenvalue weighted by molar-refractivity contribution is 9.08. The smallest absolute Gasteiger partial charge is 0.182 e. The lowest BCUT2D eigenvalue weighted by atomic mass is 9.78. The summed E-state index contributed by atoms with van der Waals surface area (Å²) in [6.07, 6.45) is 2.89. The van der Waals surface area contributed by atoms with Crippen molar-refractivity contribution in [2.75, 3.05) is 26.3 Å². The third-order valence-corrected chi connectivity index (χ3v) is 6.87. The number of benzene rings is 1. The molecular formula is C24H35BrN2O3. The van der Waals surface area contributed by atoms with E-state index < -0.39 is 0 Å². The van der Waals surface area contributed by atoms with E-state index in [0.717, 1.165) is 56.0 Å². The van der Waals surface area contributed by atoms with Crippen LogP contribution in [0, 0.1) is 5.41 Å². The van der Waals surface area contributed by atoms with Gasteiger partial charge in [0.25, 0.3) is 0 Å². The van der Waals surface area contributed by atoms with Crippen LogP contribution in [-0.2, 0) is 15.6 Å². The Morgan fingerprint density at radius 1 is 1.13 bits per heavy atom. The van der Waals surface area contributed by atoms with Crippen LogP contribution in [-0.4, -0.2) is 47.9 Å². The Balaban J connectivity index is 1.91. The number of aromatic hydroxyl groups is 1. The first-order valence-electron chi connectivity index (χ1n) is 10.8. The third kappa shape index (κ3) is 4.75. The van der Waals surface area contributed by atoms with Gasteiger partial charge in [-0.1, -0.05) is 41.5 Å². The van der Waals surface area contributed by atoms with Crippen LogP contribution in [0.25, 0.3) is 0 Å². The van der Waals surface area contributed by atoms with E-state index in [9.17, 15) is 9.90 Å². The molecule has 3 rings (SSSR count). The van der Waals surface area contributed by atoms with Gasteiger partial charge in [-0.15, -0.1) is 0 Å². The lowest BCUT2D eigenvalue weighted by molar-refractivity contribution is 0.0197. The maximum Gasteiger partial charge on any atom is 0.182 e. The lowest BCUT2D eigenvalue weighted by Crippen LogP contribution is -2.35. The normalized spacial score (nSPS) is 20.9. The standard InChI is InChI=1S/C24H35BrN2O3/c1-22(2,3)17-11-16(12-18(21(17)29)23(4,5)6)19(28)14-27-15-24(13-20(27)26-25)7-9-30-10-8-24/h11-12,29H,7-10,13-15H2,1-6H3/b26-20-. The van der Waals surface area contributed by atoms with Gasteiger partial charge in [0.15, 0.2) is 5.78 Å². The third-order valence-electron chi connectivity index (χ3n) is 6.46. The molecule has 5 nitrogen and oxygen atoms in total. The molecule has 1 aromatic carbocycles. The summed E-state index contributed by atoms with van der Waals surface area (Å²) in [6, 6.07) is 3.75. The Bertz CT molecular complexity index is 808. The fourth-order valence-corrected chi connectivity index (χ4v) is 4.92. The van der Waals surface area contributed by atoms with E-state index in [1.54, 1.807) is 0 Å². The Labute approximate surface area is 189 Å². The molecule has 0 aromatic heterocycles. The molecule has 0 radical (unpaired) electrons. The molecule has 30 heavy (non-hydrogen) atoms. The van der Waals surface area contributed by atoms with Crippen LogP contribution in [0.4, 0.5) is 0 Å². The number of carbonyl (C=O) groups excluding carboxylic acids is 1. The second kappa shape index (κ2) is 8.27. The van der Waals surface area contributed by atoms with Crippen LogP contribution >= 0.6 is 16.1 Å². The summed E-state index contributed by atoms with van der Waals surface area (Å²) in [5, 5.41) is 10.9. The number of amidine groups is 1. The molecule has 2 aliphatic heterocycles. The number of halogens is 1. The van der Waals surface area contributed by atoms with Crippen LogP contribution in [0.5, 0.6) is 5.75 Å². The monoisotopic (exact) mass is 478 g/mol. The van der Waals surface area contributed by atoms with Gasteiger partial charge >= 0.3 is 0 Å². The molecule has 2 fully saturated rings. The van der Waals surface area contributed by atoms with Gasteiger partial charge in [-0.3, -0.25) is 4.79 Å². The second-order valence-corrected chi connectivity index (χ2v) is 11.3. The molecule has 0 bridgehead atoms. The number of ether oxygens (including phenoxy) is 1. The summed E-state index contributed by atoms with van der Waals surface area (Å²) in [4.78, 5) is 15.5. The predicted octanol–water partition coefficient (Wildman–Crippen LogP) is 5.38. The highest BCUT2D eigenvalue weighted by atomic mass is 79.9. The van der Waals surface area contributed by atoms with E-state index in [0.29, 0.717) is 17.9 Å². The number of nitrogens with zero attached hydrogens (tertiary/aromatic N) is 2. The van der Waals surface area contributed by atoms with Crippen molar-refractivity contribution in [3.8, 4) is 5.75 Å². The quantitative estimate of drug-likeness (QED) is 0.592. The van der Waals surface area contributed by atoms with Crippen LogP contribution < -0.4 is 0 Å².